The SMILES string of the molecule is O=C(O)c1cnnn1-c1ccc(C(F)(F)F)cc1Cl. The molecule has 0 saturated heterocycles. The number of hydrogen-bond acceptors (Lipinski definition) is 3. The van der Waals surface area contributed by atoms with Gasteiger partial charge in [0.1, 0.15) is 0 Å². The van der Waals surface area contributed by atoms with Crippen molar-refractivity contribution >= 4 is 17.6 Å². The monoisotopic (exact) mass is 291 g/mol. The second-order valence-corrected chi connectivity index (χ2v) is 3.91. The molecule has 0 fully saturated rings. The first kappa shape index (κ1) is 13.3. The molecule has 1 heterocycles. The predicted molar refractivity (Wildman–Crippen MR) is 58.3 cm³/mol. The molecule has 9 heteroatoms. The Morgan fingerprint density at radius 1 is 1.37 bits per heavy atom. The largest absolute Gasteiger partial charge is 0.476 e. The van der Waals surface area contributed by atoms with E-state index in [0.29, 0.717) is 6.07 Å². The predicted octanol–water partition coefficient (Wildman–Crippen LogP) is 2.64. The lowest BCUT2D eigenvalue weighted by Crippen LogP contribution is -2.10. The average molecular weight is 292 g/mol. The van der Waals surface area contributed by atoms with Crippen molar-refractivity contribution in [3.63, 3.8) is 0 Å². The number of benzene rings is 1. The Balaban J connectivity index is 2.53. The molecule has 0 saturated carbocycles. The Labute approximate surface area is 109 Å². The zero-order chi connectivity index (χ0) is 14.2. The molecule has 2 rings (SSSR count). The quantitative estimate of drug-likeness (QED) is 0.923. The molecule has 19 heavy (non-hydrogen) atoms. The van der Waals surface area contributed by atoms with Gasteiger partial charge in [-0.3, -0.25) is 0 Å². The molecule has 0 aliphatic carbocycles. The summed E-state index contributed by atoms with van der Waals surface area (Å²) in [4.78, 5) is 10.9. The van der Waals surface area contributed by atoms with Gasteiger partial charge in [0.15, 0.2) is 5.69 Å². The van der Waals surface area contributed by atoms with Crippen molar-refractivity contribution in [2.75, 3.05) is 0 Å². The van der Waals surface area contributed by atoms with Crippen molar-refractivity contribution in [2.24, 2.45) is 0 Å². The Morgan fingerprint density at radius 2 is 2.05 bits per heavy atom. The third-order valence-electron chi connectivity index (χ3n) is 2.27. The van der Waals surface area contributed by atoms with Gasteiger partial charge in [0.2, 0.25) is 0 Å². The molecule has 1 aromatic carbocycles. The smallest absolute Gasteiger partial charge is 0.416 e. The van der Waals surface area contributed by atoms with E-state index in [1.165, 1.54) is 0 Å². The number of aromatic nitrogens is 3. The van der Waals surface area contributed by atoms with E-state index in [9.17, 15) is 18.0 Å². The van der Waals surface area contributed by atoms with Crippen LogP contribution in [0.15, 0.2) is 24.4 Å². The maximum absolute atomic E-state index is 12.5. The summed E-state index contributed by atoms with van der Waals surface area (Å²) in [7, 11) is 0. The molecular formula is C10H5ClF3N3O2. The van der Waals surface area contributed by atoms with E-state index >= 15 is 0 Å². The Morgan fingerprint density at radius 3 is 2.58 bits per heavy atom. The molecule has 5 nitrogen and oxygen atoms in total. The van der Waals surface area contributed by atoms with Crippen LogP contribution in [0.3, 0.4) is 0 Å². The van der Waals surface area contributed by atoms with Crippen molar-refractivity contribution in [3.05, 3.63) is 40.7 Å². The van der Waals surface area contributed by atoms with Crippen molar-refractivity contribution in [2.45, 2.75) is 6.18 Å². The molecule has 0 amide bonds. The van der Waals surface area contributed by atoms with Crippen LogP contribution in [0, 0.1) is 0 Å². The standard InChI is InChI=1S/C10H5ClF3N3O2/c11-6-3-5(10(12,13)14)1-2-7(6)17-8(9(18)19)4-15-16-17/h1-4H,(H,18,19). The molecule has 0 bridgehead atoms. The second-order valence-electron chi connectivity index (χ2n) is 3.50. The highest BCUT2D eigenvalue weighted by Crippen LogP contribution is 2.33. The first-order chi connectivity index (χ1) is 8.80. The van der Waals surface area contributed by atoms with Crippen LogP contribution in [0.4, 0.5) is 13.2 Å². The van der Waals surface area contributed by atoms with Crippen LogP contribution in [-0.4, -0.2) is 26.1 Å². The minimum atomic E-state index is -4.53. The van der Waals surface area contributed by atoms with Crippen LogP contribution < -0.4 is 0 Å². The molecule has 0 aliphatic heterocycles. The van der Waals surface area contributed by atoms with Crippen LogP contribution in [0.25, 0.3) is 5.69 Å². The highest BCUT2D eigenvalue weighted by Gasteiger charge is 2.31. The van der Waals surface area contributed by atoms with Gasteiger partial charge in [-0.15, -0.1) is 5.10 Å². The number of aromatic carboxylic acids is 1. The lowest BCUT2D eigenvalue weighted by atomic mass is 10.2. The van der Waals surface area contributed by atoms with Gasteiger partial charge < -0.3 is 5.11 Å². The molecule has 0 radical (unpaired) electrons. The molecule has 100 valence electrons. The zero-order valence-electron chi connectivity index (χ0n) is 9.02. The van der Waals surface area contributed by atoms with Crippen LogP contribution >= 0.6 is 11.6 Å². The van der Waals surface area contributed by atoms with E-state index in [4.69, 9.17) is 16.7 Å². The number of alkyl halides is 3. The number of carboxylic acids is 1. The fraction of sp³-hybridized carbons (Fsp3) is 0.100. The van der Waals surface area contributed by atoms with Gasteiger partial charge in [-0.05, 0) is 18.2 Å². The fourth-order valence-corrected chi connectivity index (χ4v) is 1.67. The third-order valence-corrected chi connectivity index (χ3v) is 2.57. The molecule has 0 atom stereocenters. The molecular weight excluding hydrogens is 287 g/mol. The molecule has 1 N–H and O–H groups in total. The first-order valence-electron chi connectivity index (χ1n) is 4.82. The van der Waals surface area contributed by atoms with Gasteiger partial charge in [0.25, 0.3) is 0 Å². The minimum absolute atomic E-state index is 0.00423. The summed E-state index contributed by atoms with van der Waals surface area (Å²) in [6.45, 7) is 0. The van der Waals surface area contributed by atoms with Gasteiger partial charge in [0.05, 0.1) is 22.5 Å². The minimum Gasteiger partial charge on any atom is -0.476 e. The van der Waals surface area contributed by atoms with Crippen molar-refractivity contribution in [3.8, 4) is 5.69 Å². The van der Waals surface area contributed by atoms with Crippen LogP contribution in [-0.2, 0) is 6.18 Å². The Kier molecular flexibility index (Phi) is 3.19. The highest BCUT2D eigenvalue weighted by atomic mass is 35.5. The molecule has 1 aromatic heterocycles. The first-order valence-corrected chi connectivity index (χ1v) is 5.19. The summed E-state index contributed by atoms with van der Waals surface area (Å²) in [6.07, 6.45) is -3.56. The van der Waals surface area contributed by atoms with Crippen LogP contribution in [0.2, 0.25) is 5.02 Å². The van der Waals surface area contributed by atoms with Gasteiger partial charge in [0, 0.05) is 0 Å². The fourth-order valence-electron chi connectivity index (χ4n) is 1.41. The van der Waals surface area contributed by atoms with E-state index < -0.39 is 17.7 Å². The lowest BCUT2D eigenvalue weighted by molar-refractivity contribution is -0.137. The van der Waals surface area contributed by atoms with Gasteiger partial charge in [-0.1, -0.05) is 16.8 Å². The molecule has 0 aliphatic rings. The Hall–Kier alpha value is -2.09. The zero-order valence-corrected chi connectivity index (χ0v) is 9.77. The Bertz CT molecular complexity index is 639. The van der Waals surface area contributed by atoms with Crippen molar-refractivity contribution in [1.29, 1.82) is 0 Å². The number of carbonyl (C=O) groups is 1. The maximum atomic E-state index is 12.5. The van der Waals surface area contributed by atoms with Crippen molar-refractivity contribution in [1.82, 2.24) is 15.0 Å². The van der Waals surface area contributed by atoms with Crippen LogP contribution in [0.5, 0.6) is 0 Å². The normalized spacial score (nSPS) is 11.6. The summed E-state index contributed by atoms with van der Waals surface area (Å²) >= 11 is 5.72. The average Bonchev–Trinajstić information content (AvgIpc) is 2.76. The van der Waals surface area contributed by atoms with E-state index in [0.717, 1.165) is 23.0 Å². The third kappa shape index (κ3) is 2.53. The molecule has 2 aromatic rings. The maximum Gasteiger partial charge on any atom is 0.416 e. The summed E-state index contributed by atoms with van der Waals surface area (Å²) < 4.78 is 38.2. The number of carboxylic acid groups (broad SMARTS) is 1. The summed E-state index contributed by atoms with van der Waals surface area (Å²) in [5.41, 5.74) is -1.23. The van der Waals surface area contributed by atoms with Gasteiger partial charge in [-0.2, -0.15) is 13.2 Å². The van der Waals surface area contributed by atoms with Crippen LogP contribution in [0.1, 0.15) is 16.1 Å². The molecule has 0 spiro atoms. The number of rotatable bonds is 2. The lowest BCUT2D eigenvalue weighted by Gasteiger charge is -2.10. The van der Waals surface area contributed by atoms with E-state index in [2.05, 4.69) is 10.3 Å². The van der Waals surface area contributed by atoms with E-state index in [1.54, 1.807) is 0 Å². The second kappa shape index (κ2) is 4.54. The summed E-state index contributed by atoms with van der Waals surface area (Å²) in [5.74, 6) is -1.32. The van der Waals surface area contributed by atoms with E-state index in [-0.39, 0.29) is 16.4 Å². The highest BCUT2D eigenvalue weighted by molar-refractivity contribution is 6.32. The van der Waals surface area contributed by atoms with E-state index in [1.807, 2.05) is 0 Å². The molecule has 0 unspecified atom stereocenters. The van der Waals surface area contributed by atoms with Gasteiger partial charge in [-0.25, -0.2) is 9.48 Å². The summed E-state index contributed by atoms with van der Waals surface area (Å²) in [5, 5.41) is 15.5. The number of hydrogen-bond donors (Lipinski definition) is 1. The topological polar surface area (TPSA) is 68.0 Å². The van der Waals surface area contributed by atoms with Crippen molar-refractivity contribution < 1.29 is 23.1 Å². The number of nitrogens with zero attached hydrogens (tertiary/aromatic N) is 3. The number of halogens is 4. The summed E-state index contributed by atoms with van der Waals surface area (Å²) in [6, 6.07) is 2.52. The van der Waals surface area contributed by atoms with Gasteiger partial charge >= 0.3 is 12.1 Å².